The molecule has 3 aromatic carbocycles. The molecule has 0 fully saturated rings. The quantitative estimate of drug-likeness (QED) is 0.316. The number of hydrogen-bond donors (Lipinski definition) is 2. The summed E-state index contributed by atoms with van der Waals surface area (Å²) < 4.78 is 48.6. The number of carbonyl (C=O) groups is 4. The molecule has 11 heteroatoms. The van der Waals surface area contributed by atoms with Crippen LogP contribution in [0.3, 0.4) is 0 Å². The number of Topliss-reactive ketones (excluding diaryl/α,β-unsaturated/α-hetero) is 1. The lowest BCUT2D eigenvalue weighted by molar-refractivity contribution is -0.137. The molecular formula is C26H21F3N2O6. The van der Waals surface area contributed by atoms with Crippen LogP contribution in [-0.4, -0.2) is 36.8 Å². The van der Waals surface area contributed by atoms with E-state index < -0.39 is 42.7 Å². The van der Waals surface area contributed by atoms with Crippen LogP contribution in [0.15, 0.2) is 72.8 Å². The Morgan fingerprint density at radius 1 is 0.811 bits per heavy atom. The van der Waals surface area contributed by atoms with Crippen molar-refractivity contribution >= 4 is 34.9 Å². The number of ketones is 1. The van der Waals surface area contributed by atoms with Gasteiger partial charge in [-0.1, -0.05) is 18.2 Å². The molecular weight excluding hydrogens is 493 g/mol. The third-order valence-electron chi connectivity index (χ3n) is 4.85. The van der Waals surface area contributed by atoms with Gasteiger partial charge in [0.05, 0.1) is 16.8 Å². The number of benzene rings is 3. The first kappa shape index (κ1) is 26.9. The molecule has 0 aliphatic heterocycles. The lowest BCUT2D eigenvalue weighted by atomic mass is 10.1. The van der Waals surface area contributed by atoms with Gasteiger partial charge >= 0.3 is 12.1 Å². The minimum absolute atomic E-state index is 0.0321. The van der Waals surface area contributed by atoms with Crippen LogP contribution < -0.4 is 15.4 Å². The predicted molar refractivity (Wildman–Crippen MR) is 127 cm³/mol. The number of rotatable bonds is 9. The van der Waals surface area contributed by atoms with E-state index in [0.29, 0.717) is 11.3 Å². The van der Waals surface area contributed by atoms with Crippen molar-refractivity contribution in [1.29, 1.82) is 0 Å². The summed E-state index contributed by atoms with van der Waals surface area (Å²) in [5.41, 5.74) is -0.198. The zero-order valence-corrected chi connectivity index (χ0v) is 19.4. The molecule has 8 nitrogen and oxygen atoms in total. The Kier molecular flexibility index (Phi) is 8.62. The molecule has 0 spiro atoms. The molecule has 2 N–H and O–H groups in total. The van der Waals surface area contributed by atoms with Gasteiger partial charge in [0.1, 0.15) is 5.75 Å². The van der Waals surface area contributed by atoms with E-state index in [1.165, 1.54) is 43.3 Å². The van der Waals surface area contributed by atoms with Gasteiger partial charge in [0.25, 0.3) is 11.8 Å². The molecule has 0 saturated heterocycles. The number of ether oxygens (including phenoxy) is 2. The minimum atomic E-state index is -4.54. The van der Waals surface area contributed by atoms with Crippen molar-refractivity contribution in [3.8, 4) is 5.75 Å². The number of anilines is 2. The third-order valence-corrected chi connectivity index (χ3v) is 4.85. The second-order valence-electron chi connectivity index (χ2n) is 7.67. The monoisotopic (exact) mass is 514 g/mol. The number of nitrogens with one attached hydrogen (secondary N) is 2. The van der Waals surface area contributed by atoms with Crippen LogP contribution in [-0.2, 0) is 20.5 Å². The first-order valence-corrected chi connectivity index (χ1v) is 10.8. The maximum atomic E-state index is 12.8. The fourth-order valence-electron chi connectivity index (χ4n) is 3.11. The number of amides is 2. The van der Waals surface area contributed by atoms with E-state index in [2.05, 4.69) is 10.6 Å². The summed E-state index contributed by atoms with van der Waals surface area (Å²) in [6.07, 6.45) is -4.54. The molecule has 0 radical (unpaired) electrons. The largest absolute Gasteiger partial charge is 0.484 e. The number of halogens is 3. The molecule has 0 aliphatic carbocycles. The Bertz CT molecular complexity index is 1310. The third kappa shape index (κ3) is 7.92. The Hall–Kier alpha value is -4.67. The summed E-state index contributed by atoms with van der Waals surface area (Å²) in [6, 6.07) is 16.1. The second-order valence-corrected chi connectivity index (χ2v) is 7.67. The molecule has 0 saturated carbocycles. The SMILES string of the molecule is CC(=O)c1ccccc1NC(=O)COC(=O)c1ccc(OCC(=O)Nc2cccc(C(F)(F)F)c2)cc1. The molecule has 192 valence electrons. The van der Waals surface area contributed by atoms with E-state index in [1.807, 2.05) is 0 Å². The molecule has 0 aromatic heterocycles. The zero-order chi connectivity index (χ0) is 27.0. The van der Waals surface area contributed by atoms with Crippen molar-refractivity contribution < 1.29 is 41.8 Å². The number of hydrogen-bond acceptors (Lipinski definition) is 6. The van der Waals surface area contributed by atoms with Crippen molar-refractivity contribution in [1.82, 2.24) is 0 Å². The molecule has 0 aliphatic rings. The highest BCUT2D eigenvalue weighted by Crippen LogP contribution is 2.30. The summed E-state index contributed by atoms with van der Waals surface area (Å²) in [6.45, 7) is 0.294. The standard InChI is InChI=1S/C26H21F3N2O6/c1-16(32)21-7-2-3-8-22(21)31-24(34)15-37-25(35)17-9-11-20(12-10-17)36-14-23(33)30-19-6-4-5-18(13-19)26(27,28)29/h2-13H,14-15H2,1H3,(H,30,33)(H,31,34). The molecule has 0 heterocycles. The highest BCUT2D eigenvalue weighted by molar-refractivity contribution is 6.04. The van der Waals surface area contributed by atoms with Gasteiger partial charge in [0.15, 0.2) is 19.0 Å². The van der Waals surface area contributed by atoms with Gasteiger partial charge < -0.3 is 20.1 Å². The number of carbonyl (C=O) groups excluding carboxylic acids is 4. The molecule has 0 unspecified atom stereocenters. The highest BCUT2D eigenvalue weighted by Gasteiger charge is 2.30. The maximum absolute atomic E-state index is 12.8. The summed E-state index contributed by atoms with van der Waals surface area (Å²) in [5.74, 6) is -2.12. The Morgan fingerprint density at radius 2 is 1.49 bits per heavy atom. The minimum Gasteiger partial charge on any atom is -0.484 e. The van der Waals surface area contributed by atoms with Gasteiger partial charge in [-0.05, 0) is 61.5 Å². The van der Waals surface area contributed by atoms with Gasteiger partial charge in [-0.2, -0.15) is 13.2 Å². The second kappa shape index (κ2) is 11.8. The van der Waals surface area contributed by atoms with E-state index in [1.54, 1.807) is 24.3 Å². The van der Waals surface area contributed by atoms with E-state index >= 15 is 0 Å². The van der Waals surface area contributed by atoms with E-state index in [4.69, 9.17) is 9.47 Å². The molecule has 0 atom stereocenters. The smallest absolute Gasteiger partial charge is 0.416 e. The normalized spacial score (nSPS) is 10.8. The Morgan fingerprint density at radius 3 is 2.16 bits per heavy atom. The van der Waals surface area contributed by atoms with Crippen LogP contribution in [0.4, 0.5) is 24.5 Å². The van der Waals surface area contributed by atoms with Gasteiger partial charge in [0, 0.05) is 11.3 Å². The molecule has 3 aromatic rings. The van der Waals surface area contributed by atoms with Crippen molar-refractivity contribution in [2.24, 2.45) is 0 Å². The first-order valence-electron chi connectivity index (χ1n) is 10.8. The van der Waals surface area contributed by atoms with Crippen LogP contribution in [0.2, 0.25) is 0 Å². The lowest BCUT2D eigenvalue weighted by Crippen LogP contribution is -2.22. The van der Waals surface area contributed by atoms with Crippen LogP contribution in [0, 0.1) is 0 Å². The van der Waals surface area contributed by atoms with E-state index in [9.17, 15) is 32.3 Å². The van der Waals surface area contributed by atoms with Gasteiger partial charge in [-0.3, -0.25) is 14.4 Å². The zero-order valence-electron chi connectivity index (χ0n) is 19.4. The van der Waals surface area contributed by atoms with E-state index in [-0.39, 0.29) is 22.8 Å². The van der Waals surface area contributed by atoms with Crippen molar-refractivity contribution in [2.75, 3.05) is 23.8 Å². The van der Waals surface area contributed by atoms with Gasteiger partial charge in [-0.15, -0.1) is 0 Å². The van der Waals surface area contributed by atoms with Crippen molar-refractivity contribution in [2.45, 2.75) is 13.1 Å². The van der Waals surface area contributed by atoms with Crippen molar-refractivity contribution in [3.63, 3.8) is 0 Å². The molecule has 2 amide bonds. The summed E-state index contributed by atoms with van der Waals surface area (Å²) >= 11 is 0. The summed E-state index contributed by atoms with van der Waals surface area (Å²) in [5, 5.41) is 4.83. The molecule has 0 bridgehead atoms. The Labute approximate surface area is 209 Å². The highest BCUT2D eigenvalue weighted by atomic mass is 19.4. The van der Waals surface area contributed by atoms with Gasteiger partial charge in [0.2, 0.25) is 0 Å². The average molecular weight is 514 g/mol. The fraction of sp³-hybridized carbons (Fsp3) is 0.154. The van der Waals surface area contributed by atoms with Crippen LogP contribution >= 0.6 is 0 Å². The molecule has 3 rings (SSSR count). The average Bonchev–Trinajstić information content (AvgIpc) is 2.86. The summed E-state index contributed by atoms with van der Waals surface area (Å²) in [4.78, 5) is 48.0. The van der Waals surface area contributed by atoms with Gasteiger partial charge in [-0.25, -0.2) is 4.79 Å². The van der Waals surface area contributed by atoms with Crippen molar-refractivity contribution in [3.05, 3.63) is 89.5 Å². The first-order chi connectivity index (χ1) is 17.5. The summed E-state index contributed by atoms with van der Waals surface area (Å²) in [7, 11) is 0. The fourth-order valence-corrected chi connectivity index (χ4v) is 3.11. The lowest BCUT2D eigenvalue weighted by Gasteiger charge is -2.11. The van der Waals surface area contributed by atoms with E-state index in [0.717, 1.165) is 12.1 Å². The van der Waals surface area contributed by atoms with Crippen LogP contribution in [0.25, 0.3) is 0 Å². The topological polar surface area (TPSA) is 111 Å². The predicted octanol–water partition coefficient (Wildman–Crippen LogP) is 4.72. The number of para-hydroxylation sites is 1. The maximum Gasteiger partial charge on any atom is 0.416 e. The number of alkyl halides is 3. The Balaban J connectivity index is 1.47. The van der Waals surface area contributed by atoms with Crippen LogP contribution in [0.5, 0.6) is 5.75 Å². The molecule has 37 heavy (non-hydrogen) atoms. The number of esters is 1. The van der Waals surface area contributed by atoms with Crippen LogP contribution in [0.1, 0.15) is 33.2 Å².